The van der Waals surface area contributed by atoms with Gasteiger partial charge in [-0.15, -0.1) is 0 Å². The van der Waals surface area contributed by atoms with Crippen LogP contribution in [0.5, 0.6) is 5.75 Å². The number of hydrogen-bond acceptors (Lipinski definition) is 2. The van der Waals surface area contributed by atoms with Crippen molar-refractivity contribution >= 4 is 34.1 Å². The summed E-state index contributed by atoms with van der Waals surface area (Å²) in [5.41, 5.74) is 2.67. The molecule has 1 aromatic heterocycles. The topological polar surface area (TPSA) is 43.3 Å². The Morgan fingerprint density at radius 2 is 2.04 bits per heavy atom. The van der Waals surface area contributed by atoms with Gasteiger partial charge in [0, 0.05) is 27.8 Å². The molecule has 1 N–H and O–H groups in total. The average Bonchev–Trinajstić information content (AvgIpc) is 2.93. The maximum Gasteiger partial charge on any atom is 0.244 e. The molecule has 0 saturated heterocycles. The van der Waals surface area contributed by atoms with E-state index in [4.69, 9.17) is 16.3 Å². The van der Waals surface area contributed by atoms with Crippen LogP contribution in [0.1, 0.15) is 5.56 Å². The number of fused-ring (bicyclic) bond motifs is 1. The SMILES string of the molecule is COc1ccc2c(ccn2CC(=O)Nc2ccc(C)c(Cl)c2)c1. The number of carbonyl (C=O) groups is 1. The molecule has 4 nitrogen and oxygen atoms in total. The first-order valence-corrected chi connectivity index (χ1v) is 7.63. The van der Waals surface area contributed by atoms with Crippen molar-refractivity contribution in [1.29, 1.82) is 0 Å². The number of benzene rings is 2. The Bertz CT molecular complexity index is 871. The van der Waals surface area contributed by atoms with Gasteiger partial charge in [-0.25, -0.2) is 0 Å². The lowest BCUT2D eigenvalue weighted by Crippen LogP contribution is -2.18. The highest BCUT2D eigenvalue weighted by Crippen LogP contribution is 2.22. The number of methoxy groups -OCH3 is 1. The van der Waals surface area contributed by atoms with E-state index in [1.165, 1.54) is 0 Å². The van der Waals surface area contributed by atoms with Gasteiger partial charge < -0.3 is 14.6 Å². The number of nitrogens with zero attached hydrogens (tertiary/aromatic N) is 1. The summed E-state index contributed by atoms with van der Waals surface area (Å²) >= 11 is 6.08. The predicted molar refractivity (Wildman–Crippen MR) is 93.3 cm³/mol. The van der Waals surface area contributed by atoms with Crippen LogP contribution in [0.25, 0.3) is 10.9 Å². The second-order valence-corrected chi connectivity index (χ2v) is 5.79. The van der Waals surface area contributed by atoms with Gasteiger partial charge in [-0.1, -0.05) is 17.7 Å². The van der Waals surface area contributed by atoms with Gasteiger partial charge in [-0.3, -0.25) is 4.79 Å². The molecule has 0 radical (unpaired) electrons. The third kappa shape index (κ3) is 3.32. The average molecular weight is 329 g/mol. The number of carbonyl (C=O) groups excluding carboxylic acids is 1. The molecule has 0 aliphatic rings. The maximum absolute atomic E-state index is 12.2. The fourth-order valence-corrected chi connectivity index (χ4v) is 2.65. The minimum atomic E-state index is -0.0989. The van der Waals surface area contributed by atoms with Crippen LogP contribution in [0, 0.1) is 6.92 Å². The zero-order chi connectivity index (χ0) is 16.4. The molecule has 5 heteroatoms. The summed E-state index contributed by atoms with van der Waals surface area (Å²) in [5.74, 6) is 0.701. The van der Waals surface area contributed by atoms with E-state index in [1.54, 1.807) is 13.2 Å². The van der Waals surface area contributed by atoms with Crippen molar-refractivity contribution in [2.75, 3.05) is 12.4 Å². The van der Waals surface area contributed by atoms with E-state index in [2.05, 4.69) is 5.32 Å². The van der Waals surface area contributed by atoms with Gasteiger partial charge in [-0.05, 0) is 48.9 Å². The van der Waals surface area contributed by atoms with Gasteiger partial charge in [0.05, 0.1) is 7.11 Å². The molecule has 1 amide bonds. The van der Waals surface area contributed by atoms with Crippen molar-refractivity contribution in [3.05, 3.63) is 59.2 Å². The number of ether oxygens (including phenoxy) is 1. The highest BCUT2D eigenvalue weighted by Gasteiger charge is 2.08. The zero-order valence-electron chi connectivity index (χ0n) is 13.0. The monoisotopic (exact) mass is 328 g/mol. The molecule has 2 aromatic carbocycles. The van der Waals surface area contributed by atoms with E-state index in [1.807, 2.05) is 54.1 Å². The number of nitrogens with one attached hydrogen (secondary N) is 1. The molecule has 3 aromatic rings. The highest BCUT2D eigenvalue weighted by atomic mass is 35.5. The lowest BCUT2D eigenvalue weighted by molar-refractivity contribution is -0.116. The Labute approximate surface area is 139 Å². The summed E-state index contributed by atoms with van der Waals surface area (Å²) < 4.78 is 7.11. The van der Waals surface area contributed by atoms with Crippen molar-refractivity contribution in [1.82, 2.24) is 4.57 Å². The van der Waals surface area contributed by atoms with Crippen LogP contribution in [0.2, 0.25) is 5.02 Å². The number of aryl methyl sites for hydroxylation is 1. The Morgan fingerprint density at radius 3 is 2.78 bits per heavy atom. The largest absolute Gasteiger partial charge is 0.497 e. The number of aromatic nitrogens is 1. The first-order chi connectivity index (χ1) is 11.1. The lowest BCUT2D eigenvalue weighted by Gasteiger charge is -2.09. The van der Waals surface area contributed by atoms with Crippen LogP contribution in [-0.4, -0.2) is 17.6 Å². The molecule has 0 saturated carbocycles. The molecular weight excluding hydrogens is 312 g/mol. The van der Waals surface area contributed by atoms with Gasteiger partial charge in [0.15, 0.2) is 0 Å². The molecule has 1 heterocycles. The third-order valence-corrected chi connectivity index (χ3v) is 4.15. The van der Waals surface area contributed by atoms with Crippen LogP contribution >= 0.6 is 11.6 Å². The standard InChI is InChI=1S/C18H17ClN2O2/c1-12-3-4-14(10-16(12)19)20-18(22)11-21-8-7-13-9-15(23-2)5-6-17(13)21/h3-10H,11H2,1-2H3,(H,20,22). The molecule has 0 fully saturated rings. The number of halogens is 1. The van der Waals surface area contributed by atoms with E-state index in [-0.39, 0.29) is 12.5 Å². The summed E-state index contributed by atoms with van der Waals surface area (Å²) in [7, 11) is 1.64. The lowest BCUT2D eigenvalue weighted by atomic mass is 10.2. The van der Waals surface area contributed by atoms with Gasteiger partial charge >= 0.3 is 0 Å². The number of amides is 1. The third-order valence-electron chi connectivity index (χ3n) is 3.75. The van der Waals surface area contributed by atoms with Crippen molar-refractivity contribution in [2.45, 2.75) is 13.5 Å². The fourth-order valence-electron chi connectivity index (χ4n) is 2.47. The molecule has 118 valence electrons. The van der Waals surface area contributed by atoms with E-state index in [0.717, 1.165) is 22.2 Å². The minimum absolute atomic E-state index is 0.0989. The first kappa shape index (κ1) is 15.4. The number of hydrogen-bond donors (Lipinski definition) is 1. The Hall–Kier alpha value is -2.46. The molecule has 0 atom stereocenters. The van der Waals surface area contributed by atoms with Crippen molar-refractivity contribution < 1.29 is 9.53 Å². The second kappa shape index (κ2) is 6.34. The van der Waals surface area contributed by atoms with Gasteiger partial charge in [0.25, 0.3) is 0 Å². The first-order valence-electron chi connectivity index (χ1n) is 7.26. The molecule has 0 aliphatic heterocycles. The molecule has 0 spiro atoms. The van der Waals surface area contributed by atoms with E-state index in [9.17, 15) is 4.79 Å². The maximum atomic E-state index is 12.2. The Balaban J connectivity index is 1.76. The van der Waals surface area contributed by atoms with E-state index < -0.39 is 0 Å². The number of anilines is 1. The van der Waals surface area contributed by atoms with Crippen LogP contribution in [0.4, 0.5) is 5.69 Å². The van der Waals surface area contributed by atoms with Crippen molar-refractivity contribution in [3.8, 4) is 5.75 Å². The highest BCUT2D eigenvalue weighted by molar-refractivity contribution is 6.31. The second-order valence-electron chi connectivity index (χ2n) is 5.38. The van der Waals surface area contributed by atoms with Crippen LogP contribution in [0.15, 0.2) is 48.7 Å². The molecule has 0 aliphatic carbocycles. The fraction of sp³-hybridized carbons (Fsp3) is 0.167. The molecular formula is C18H17ClN2O2. The summed E-state index contributed by atoms with van der Waals surface area (Å²) in [6.07, 6.45) is 1.89. The zero-order valence-corrected chi connectivity index (χ0v) is 13.7. The minimum Gasteiger partial charge on any atom is -0.497 e. The van der Waals surface area contributed by atoms with Gasteiger partial charge in [-0.2, -0.15) is 0 Å². The van der Waals surface area contributed by atoms with Crippen LogP contribution < -0.4 is 10.1 Å². The predicted octanol–water partition coefficient (Wildman–Crippen LogP) is 4.25. The van der Waals surface area contributed by atoms with Crippen LogP contribution in [-0.2, 0) is 11.3 Å². The summed E-state index contributed by atoms with van der Waals surface area (Å²) in [5, 5.41) is 4.54. The molecule has 23 heavy (non-hydrogen) atoms. The van der Waals surface area contributed by atoms with E-state index in [0.29, 0.717) is 10.7 Å². The Kier molecular flexibility index (Phi) is 4.26. The summed E-state index contributed by atoms with van der Waals surface area (Å²) in [6.45, 7) is 2.16. The van der Waals surface area contributed by atoms with Crippen LogP contribution in [0.3, 0.4) is 0 Å². The van der Waals surface area contributed by atoms with Crippen molar-refractivity contribution in [3.63, 3.8) is 0 Å². The normalized spacial score (nSPS) is 10.7. The molecule has 0 bridgehead atoms. The smallest absolute Gasteiger partial charge is 0.244 e. The molecule has 0 unspecified atom stereocenters. The number of rotatable bonds is 4. The van der Waals surface area contributed by atoms with Crippen molar-refractivity contribution in [2.24, 2.45) is 0 Å². The quantitative estimate of drug-likeness (QED) is 0.778. The summed E-state index contributed by atoms with van der Waals surface area (Å²) in [4.78, 5) is 12.2. The molecule has 3 rings (SSSR count). The van der Waals surface area contributed by atoms with Gasteiger partial charge in [0.2, 0.25) is 5.91 Å². The summed E-state index contributed by atoms with van der Waals surface area (Å²) in [6, 6.07) is 13.2. The Morgan fingerprint density at radius 1 is 1.22 bits per heavy atom. The van der Waals surface area contributed by atoms with Gasteiger partial charge in [0.1, 0.15) is 12.3 Å². The van der Waals surface area contributed by atoms with E-state index >= 15 is 0 Å².